The standard InChI is InChI=1S/C29H24ClN3O4S2/c1-19-15-23(30)16-26-27(19)31-29(38-26)33(18-24-7-4-14-37-24)28(34)21-8-10-25(11-9-21)39(35,36)32-13-12-20-5-2-3-6-22(20)17-32/h2-11,14-16H,12-13,17-18H2,1H3. The number of thiazole rings is 1. The molecule has 3 aromatic carbocycles. The summed E-state index contributed by atoms with van der Waals surface area (Å²) < 4.78 is 34.7. The van der Waals surface area contributed by atoms with Crippen molar-refractivity contribution in [3.05, 3.63) is 112 Å². The van der Waals surface area contributed by atoms with Gasteiger partial charge in [-0.1, -0.05) is 47.2 Å². The Bertz CT molecular complexity index is 1780. The van der Waals surface area contributed by atoms with Crippen molar-refractivity contribution >= 4 is 54.2 Å². The van der Waals surface area contributed by atoms with Crippen molar-refractivity contribution in [1.29, 1.82) is 0 Å². The lowest BCUT2D eigenvalue weighted by atomic mass is 10.0. The lowest BCUT2D eigenvalue weighted by Crippen LogP contribution is -2.36. The molecule has 7 nitrogen and oxygen atoms in total. The van der Waals surface area contributed by atoms with Gasteiger partial charge in [0.05, 0.1) is 27.9 Å². The molecule has 5 aromatic rings. The topological polar surface area (TPSA) is 83.7 Å². The lowest BCUT2D eigenvalue weighted by Gasteiger charge is -2.28. The van der Waals surface area contributed by atoms with Gasteiger partial charge in [0.1, 0.15) is 5.76 Å². The second kappa shape index (κ2) is 10.2. The molecule has 0 unspecified atom stereocenters. The highest BCUT2D eigenvalue weighted by Gasteiger charge is 2.29. The number of carbonyl (C=O) groups is 1. The van der Waals surface area contributed by atoms with Gasteiger partial charge < -0.3 is 4.42 Å². The van der Waals surface area contributed by atoms with Crippen LogP contribution >= 0.6 is 22.9 Å². The molecule has 3 heterocycles. The summed E-state index contributed by atoms with van der Waals surface area (Å²) in [5, 5.41) is 1.11. The third-order valence-corrected chi connectivity index (χ3v) is 9.95. The first kappa shape index (κ1) is 25.8. The quantitative estimate of drug-likeness (QED) is 0.232. The molecule has 0 bridgehead atoms. The van der Waals surface area contributed by atoms with Crippen LogP contribution in [0.3, 0.4) is 0 Å². The fourth-order valence-corrected chi connectivity index (χ4v) is 7.63. The number of amides is 1. The van der Waals surface area contributed by atoms with Crippen LogP contribution in [0, 0.1) is 6.92 Å². The van der Waals surface area contributed by atoms with Crippen LogP contribution in [0.25, 0.3) is 10.2 Å². The van der Waals surface area contributed by atoms with E-state index in [9.17, 15) is 13.2 Å². The average molecular weight is 578 g/mol. The van der Waals surface area contributed by atoms with Crippen LogP contribution in [0.4, 0.5) is 5.13 Å². The first-order chi connectivity index (χ1) is 18.8. The van der Waals surface area contributed by atoms with Crippen LogP contribution in [0.2, 0.25) is 5.02 Å². The molecule has 198 valence electrons. The Morgan fingerprint density at radius 3 is 2.59 bits per heavy atom. The van der Waals surface area contributed by atoms with Crippen molar-refractivity contribution in [2.24, 2.45) is 0 Å². The van der Waals surface area contributed by atoms with Gasteiger partial charge in [-0.15, -0.1) is 0 Å². The zero-order valence-electron chi connectivity index (χ0n) is 21.0. The highest BCUT2D eigenvalue weighted by Crippen LogP contribution is 2.34. The van der Waals surface area contributed by atoms with Gasteiger partial charge in [-0.05, 0) is 78.6 Å². The summed E-state index contributed by atoms with van der Waals surface area (Å²) in [6.07, 6.45) is 2.22. The summed E-state index contributed by atoms with van der Waals surface area (Å²) in [5.74, 6) is 0.284. The summed E-state index contributed by atoms with van der Waals surface area (Å²) in [4.78, 5) is 20.2. The van der Waals surface area contributed by atoms with Gasteiger partial charge in [0, 0.05) is 23.7 Å². The molecule has 6 rings (SSSR count). The largest absolute Gasteiger partial charge is 0.467 e. The predicted octanol–water partition coefficient (Wildman–Crippen LogP) is 6.45. The minimum Gasteiger partial charge on any atom is -0.467 e. The third-order valence-electron chi connectivity index (χ3n) is 6.84. The van der Waals surface area contributed by atoms with Gasteiger partial charge >= 0.3 is 0 Å². The Balaban J connectivity index is 1.30. The van der Waals surface area contributed by atoms with Crippen molar-refractivity contribution < 1.29 is 17.6 Å². The van der Waals surface area contributed by atoms with Crippen molar-refractivity contribution in [2.75, 3.05) is 11.4 Å². The summed E-state index contributed by atoms with van der Waals surface area (Å²) >= 11 is 7.61. The van der Waals surface area contributed by atoms with Gasteiger partial charge in [0.2, 0.25) is 10.0 Å². The SMILES string of the molecule is Cc1cc(Cl)cc2sc(N(Cc3ccco3)C(=O)c3ccc(S(=O)(=O)N4CCc5ccccc5C4)cc3)nc12. The fraction of sp³-hybridized carbons (Fsp3) is 0.172. The summed E-state index contributed by atoms with van der Waals surface area (Å²) in [6.45, 7) is 2.84. The van der Waals surface area contributed by atoms with Gasteiger partial charge in [-0.2, -0.15) is 4.31 Å². The molecular formula is C29H24ClN3O4S2. The van der Waals surface area contributed by atoms with Crippen LogP contribution in [-0.2, 0) is 29.5 Å². The van der Waals surface area contributed by atoms with Crippen LogP contribution in [-0.4, -0.2) is 30.2 Å². The van der Waals surface area contributed by atoms with Crippen molar-refractivity contribution in [3.63, 3.8) is 0 Å². The Kier molecular flexibility index (Phi) is 6.76. The zero-order chi connectivity index (χ0) is 27.1. The number of hydrogen-bond acceptors (Lipinski definition) is 6. The number of sulfonamides is 1. The maximum absolute atomic E-state index is 13.8. The summed E-state index contributed by atoms with van der Waals surface area (Å²) in [5.41, 5.74) is 4.23. The number of aromatic nitrogens is 1. The van der Waals surface area contributed by atoms with Crippen LogP contribution < -0.4 is 4.90 Å². The molecule has 0 aliphatic carbocycles. The summed E-state index contributed by atoms with van der Waals surface area (Å²) in [6, 6.07) is 21.2. The normalized spacial score (nSPS) is 13.9. The molecule has 0 atom stereocenters. The Hall–Kier alpha value is -3.50. The molecule has 1 aliphatic rings. The number of hydrogen-bond donors (Lipinski definition) is 0. The predicted molar refractivity (Wildman–Crippen MR) is 153 cm³/mol. The maximum Gasteiger partial charge on any atom is 0.260 e. The molecule has 1 aliphatic heterocycles. The number of aryl methyl sites for hydroxylation is 1. The van der Waals surface area contributed by atoms with E-state index in [-0.39, 0.29) is 17.3 Å². The smallest absolute Gasteiger partial charge is 0.260 e. The highest BCUT2D eigenvalue weighted by molar-refractivity contribution is 7.89. The van der Waals surface area contributed by atoms with Crippen LogP contribution in [0.15, 0.2) is 88.4 Å². The Morgan fingerprint density at radius 2 is 1.85 bits per heavy atom. The van der Waals surface area contributed by atoms with Crippen LogP contribution in [0.1, 0.15) is 32.8 Å². The number of anilines is 1. The molecule has 10 heteroatoms. The minimum absolute atomic E-state index is 0.154. The number of halogens is 1. The molecule has 0 saturated heterocycles. The van der Waals surface area contributed by atoms with Gasteiger partial charge in [-0.3, -0.25) is 9.69 Å². The molecule has 2 aromatic heterocycles. The third kappa shape index (κ3) is 4.98. The van der Waals surface area contributed by atoms with E-state index < -0.39 is 10.0 Å². The van der Waals surface area contributed by atoms with Crippen molar-refractivity contribution in [2.45, 2.75) is 31.3 Å². The number of nitrogens with zero attached hydrogens (tertiary/aromatic N) is 3. The molecule has 0 radical (unpaired) electrons. The monoisotopic (exact) mass is 577 g/mol. The molecule has 0 spiro atoms. The second-order valence-corrected chi connectivity index (χ2v) is 12.8. The number of fused-ring (bicyclic) bond motifs is 2. The first-order valence-corrected chi connectivity index (χ1v) is 15.0. The van der Waals surface area contributed by atoms with E-state index in [1.807, 2.05) is 43.3 Å². The zero-order valence-corrected chi connectivity index (χ0v) is 23.4. The van der Waals surface area contributed by atoms with Gasteiger partial charge in [0.15, 0.2) is 5.13 Å². The van der Waals surface area contributed by atoms with E-state index in [2.05, 4.69) is 0 Å². The molecule has 39 heavy (non-hydrogen) atoms. The minimum atomic E-state index is -3.72. The van der Waals surface area contributed by atoms with E-state index in [4.69, 9.17) is 21.0 Å². The molecule has 0 N–H and O–H groups in total. The van der Waals surface area contributed by atoms with Crippen LogP contribution in [0.5, 0.6) is 0 Å². The Labute approximate surface area is 235 Å². The van der Waals surface area contributed by atoms with Gasteiger partial charge in [-0.25, -0.2) is 13.4 Å². The number of rotatable bonds is 6. The van der Waals surface area contributed by atoms with Crippen molar-refractivity contribution in [1.82, 2.24) is 9.29 Å². The van der Waals surface area contributed by atoms with E-state index in [0.29, 0.717) is 41.0 Å². The molecule has 0 fully saturated rings. The molecular weight excluding hydrogens is 554 g/mol. The van der Waals surface area contributed by atoms with E-state index >= 15 is 0 Å². The first-order valence-electron chi connectivity index (χ1n) is 12.4. The summed E-state index contributed by atoms with van der Waals surface area (Å²) in [7, 11) is -3.72. The van der Waals surface area contributed by atoms with Gasteiger partial charge in [0.25, 0.3) is 5.91 Å². The van der Waals surface area contributed by atoms with E-state index in [1.165, 1.54) is 33.3 Å². The van der Waals surface area contributed by atoms with E-state index in [1.54, 1.807) is 35.4 Å². The fourth-order valence-electron chi connectivity index (χ4n) is 4.79. The molecule has 0 saturated carbocycles. The maximum atomic E-state index is 13.8. The Morgan fingerprint density at radius 1 is 1.08 bits per heavy atom. The lowest BCUT2D eigenvalue weighted by molar-refractivity contribution is 0.0983. The number of carbonyl (C=O) groups excluding carboxylic acids is 1. The highest BCUT2D eigenvalue weighted by atomic mass is 35.5. The van der Waals surface area contributed by atoms with E-state index in [0.717, 1.165) is 21.3 Å². The number of benzene rings is 3. The molecule has 1 amide bonds. The second-order valence-electron chi connectivity index (χ2n) is 9.42. The van der Waals surface area contributed by atoms with Crippen molar-refractivity contribution in [3.8, 4) is 0 Å². The average Bonchev–Trinajstić information content (AvgIpc) is 3.61. The number of furan rings is 1.